The smallest absolute Gasteiger partial charge is 0.265 e. The Bertz CT molecular complexity index is 1200. The number of amides is 1. The number of benzene rings is 3. The van der Waals surface area contributed by atoms with E-state index in [0.29, 0.717) is 36.5 Å². The van der Waals surface area contributed by atoms with Crippen LogP contribution >= 0.6 is 11.8 Å². The standard InChI is InChI=1S/C24H26N2O3S2/c1-18-7-2-3-8-20(18)17-30-16-14-25-23(27)13-6-15-26-21-11-4-9-19-10-5-12-22(24(19)21)31(26,28)29/h2-5,7-12H,6,13-17H2,1H3,(H,25,27). The van der Waals surface area contributed by atoms with Gasteiger partial charge in [-0.25, -0.2) is 8.42 Å². The molecule has 0 aromatic heterocycles. The Kier molecular flexibility index (Phi) is 6.53. The lowest BCUT2D eigenvalue weighted by molar-refractivity contribution is -0.121. The van der Waals surface area contributed by atoms with Gasteiger partial charge < -0.3 is 5.32 Å². The minimum absolute atomic E-state index is 0.0381. The number of rotatable bonds is 9. The summed E-state index contributed by atoms with van der Waals surface area (Å²) >= 11 is 1.79. The van der Waals surface area contributed by atoms with Gasteiger partial charge in [0.25, 0.3) is 10.0 Å². The fourth-order valence-corrected chi connectivity index (χ4v) is 6.57. The summed E-state index contributed by atoms with van der Waals surface area (Å²) in [5.74, 6) is 1.74. The number of carbonyl (C=O) groups excluding carboxylic acids is 1. The molecule has 31 heavy (non-hydrogen) atoms. The highest BCUT2D eigenvalue weighted by Crippen LogP contribution is 2.41. The van der Waals surface area contributed by atoms with Crippen molar-refractivity contribution in [3.63, 3.8) is 0 Å². The van der Waals surface area contributed by atoms with E-state index in [2.05, 4.69) is 24.4 Å². The number of thioether (sulfide) groups is 1. The van der Waals surface area contributed by atoms with Crippen LogP contribution in [0.4, 0.5) is 5.69 Å². The molecular weight excluding hydrogens is 428 g/mol. The fourth-order valence-electron chi connectivity index (χ4n) is 3.89. The molecule has 162 valence electrons. The molecule has 0 aliphatic carbocycles. The summed E-state index contributed by atoms with van der Waals surface area (Å²) < 4.78 is 27.3. The first-order valence-electron chi connectivity index (χ1n) is 10.4. The SMILES string of the molecule is Cc1ccccc1CSCCNC(=O)CCCN1c2cccc3cccc(c23)S1(=O)=O. The average Bonchev–Trinajstić information content (AvgIpc) is 2.98. The van der Waals surface area contributed by atoms with Gasteiger partial charge in [-0.05, 0) is 42.0 Å². The summed E-state index contributed by atoms with van der Waals surface area (Å²) in [6.45, 7) is 3.02. The number of sulfonamides is 1. The lowest BCUT2D eigenvalue weighted by atomic mass is 10.1. The van der Waals surface area contributed by atoms with Crippen molar-refractivity contribution in [2.24, 2.45) is 0 Å². The molecule has 1 aliphatic rings. The lowest BCUT2D eigenvalue weighted by Gasteiger charge is -2.18. The van der Waals surface area contributed by atoms with Crippen LogP contribution in [-0.4, -0.2) is 33.2 Å². The second-order valence-electron chi connectivity index (χ2n) is 7.64. The molecule has 1 heterocycles. The van der Waals surface area contributed by atoms with Gasteiger partial charge in [-0.2, -0.15) is 11.8 Å². The van der Waals surface area contributed by atoms with E-state index in [1.54, 1.807) is 23.9 Å². The Hall–Kier alpha value is -2.51. The van der Waals surface area contributed by atoms with Crippen molar-refractivity contribution in [1.29, 1.82) is 0 Å². The van der Waals surface area contributed by atoms with Crippen LogP contribution in [0, 0.1) is 6.92 Å². The van der Waals surface area contributed by atoms with Gasteiger partial charge in [0.2, 0.25) is 5.91 Å². The van der Waals surface area contributed by atoms with Gasteiger partial charge in [-0.3, -0.25) is 9.10 Å². The molecule has 1 amide bonds. The molecule has 0 spiro atoms. The Morgan fingerprint density at radius 1 is 1.03 bits per heavy atom. The molecule has 0 unspecified atom stereocenters. The van der Waals surface area contributed by atoms with Crippen molar-refractivity contribution in [3.05, 3.63) is 71.8 Å². The Morgan fingerprint density at radius 2 is 1.81 bits per heavy atom. The van der Waals surface area contributed by atoms with Crippen molar-refractivity contribution < 1.29 is 13.2 Å². The maximum Gasteiger partial charge on any atom is 0.265 e. The molecular formula is C24H26N2O3S2. The van der Waals surface area contributed by atoms with Crippen LogP contribution in [0.15, 0.2) is 65.6 Å². The number of anilines is 1. The van der Waals surface area contributed by atoms with Crippen molar-refractivity contribution in [2.75, 3.05) is 23.1 Å². The molecule has 0 saturated heterocycles. The van der Waals surface area contributed by atoms with Crippen LogP contribution in [0.5, 0.6) is 0 Å². The van der Waals surface area contributed by atoms with Gasteiger partial charge >= 0.3 is 0 Å². The third-order valence-corrected chi connectivity index (χ3v) is 8.40. The summed E-state index contributed by atoms with van der Waals surface area (Å²) in [4.78, 5) is 12.5. The summed E-state index contributed by atoms with van der Waals surface area (Å²) in [5.41, 5.74) is 3.32. The zero-order valence-electron chi connectivity index (χ0n) is 17.5. The Balaban J connectivity index is 1.23. The van der Waals surface area contributed by atoms with Gasteiger partial charge in [0.1, 0.15) is 0 Å². The molecule has 0 saturated carbocycles. The quantitative estimate of drug-likeness (QED) is 0.484. The predicted octanol–water partition coefficient (Wildman–Crippen LogP) is 4.49. The third kappa shape index (κ3) is 4.57. The average molecular weight is 455 g/mol. The topological polar surface area (TPSA) is 66.5 Å². The second-order valence-corrected chi connectivity index (χ2v) is 10.6. The Morgan fingerprint density at radius 3 is 2.61 bits per heavy atom. The minimum Gasteiger partial charge on any atom is -0.355 e. The van der Waals surface area contributed by atoms with E-state index in [9.17, 15) is 13.2 Å². The normalized spacial score (nSPS) is 14.2. The summed E-state index contributed by atoms with van der Waals surface area (Å²) in [6, 6.07) is 19.3. The molecule has 0 fully saturated rings. The van der Waals surface area contributed by atoms with Crippen molar-refractivity contribution in [3.8, 4) is 0 Å². The van der Waals surface area contributed by atoms with E-state index >= 15 is 0 Å². The monoisotopic (exact) mass is 454 g/mol. The van der Waals surface area contributed by atoms with E-state index in [1.807, 2.05) is 36.4 Å². The van der Waals surface area contributed by atoms with Crippen LogP contribution in [0.3, 0.4) is 0 Å². The van der Waals surface area contributed by atoms with Crippen LogP contribution in [0.25, 0.3) is 10.8 Å². The van der Waals surface area contributed by atoms with E-state index in [4.69, 9.17) is 0 Å². The molecule has 7 heteroatoms. The van der Waals surface area contributed by atoms with E-state index in [1.165, 1.54) is 15.4 Å². The largest absolute Gasteiger partial charge is 0.355 e. The highest BCUT2D eigenvalue weighted by Gasteiger charge is 2.34. The molecule has 3 aromatic carbocycles. The maximum absolute atomic E-state index is 12.9. The number of nitrogens with one attached hydrogen (secondary N) is 1. The number of nitrogens with zero attached hydrogens (tertiary/aromatic N) is 1. The van der Waals surface area contributed by atoms with Crippen molar-refractivity contribution in [1.82, 2.24) is 5.32 Å². The molecule has 4 rings (SSSR count). The van der Waals surface area contributed by atoms with E-state index in [-0.39, 0.29) is 5.91 Å². The van der Waals surface area contributed by atoms with E-state index < -0.39 is 10.0 Å². The molecule has 0 radical (unpaired) electrons. The first-order valence-corrected chi connectivity index (χ1v) is 13.0. The first kappa shape index (κ1) is 21.7. The molecule has 1 N–H and O–H groups in total. The summed E-state index contributed by atoms with van der Waals surface area (Å²) in [7, 11) is -3.55. The van der Waals surface area contributed by atoms with Crippen molar-refractivity contribution >= 4 is 44.2 Å². The fraction of sp³-hybridized carbons (Fsp3) is 0.292. The minimum atomic E-state index is -3.55. The van der Waals surface area contributed by atoms with Crippen LogP contribution in [-0.2, 0) is 20.6 Å². The van der Waals surface area contributed by atoms with Gasteiger partial charge in [0.15, 0.2) is 0 Å². The number of carbonyl (C=O) groups is 1. The number of hydrogen-bond acceptors (Lipinski definition) is 4. The zero-order chi connectivity index (χ0) is 21.8. The van der Waals surface area contributed by atoms with Crippen LogP contribution in [0.1, 0.15) is 24.0 Å². The van der Waals surface area contributed by atoms with Gasteiger partial charge in [-0.1, -0.05) is 48.5 Å². The van der Waals surface area contributed by atoms with Crippen LogP contribution < -0.4 is 9.62 Å². The highest BCUT2D eigenvalue weighted by atomic mass is 32.2. The first-order chi connectivity index (χ1) is 15.0. The Labute approximate surface area is 187 Å². The van der Waals surface area contributed by atoms with Gasteiger partial charge in [-0.15, -0.1) is 0 Å². The summed E-state index contributed by atoms with van der Waals surface area (Å²) in [5, 5.41) is 4.64. The molecule has 1 aliphatic heterocycles. The van der Waals surface area contributed by atoms with Gasteiger partial charge in [0.05, 0.1) is 10.6 Å². The van der Waals surface area contributed by atoms with E-state index in [0.717, 1.165) is 22.3 Å². The number of aryl methyl sites for hydroxylation is 1. The lowest BCUT2D eigenvalue weighted by Crippen LogP contribution is -2.30. The number of hydrogen-bond donors (Lipinski definition) is 1. The second kappa shape index (κ2) is 9.32. The molecule has 0 bridgehead atoms. The summed E-state index contributed by atoms with van der Waals surface area (Å²) in [6.07, 6.45) is 0.784. The van der Waals surface area contributed by atoms with Gasteiger partial charge in [0, 0.05) is 36.4 Å². The third-order valence-electron chi connectivity index (χ3n) is 5.53. The van der Waals surface area contributed by atoms with Crippen LogP contribution in [0.2, 0.25) is 0 Å². The molecule has 0 atom stereocenters. The highest BCUT2D eigenvalue weighted by molar-refractivity contribution is 7.98. The maximum atomic E-state index is 12.9. The molecule has 3 aromatic rings. The predicted molar refractivity (Wildman–Crippen MR) is 128 cm³/mol. The zero-order valence-corrected chi connectivity index (χ0v) is 19.1. The molecule has 5 nitrogen and oxygen atoms in total. The van der Waals surface area contributed by atoms with Crippen molar-refractivity contribution in [2.45, 2.75) is 30.4 Å².